The van der Waals surface area contributed by atoms with Gasteiger partial charge in [0.1, 0.15) is 11.4 Å². The molecule has 0 saturated carbocycles. The summed E-state index contributed by atoms with van der Waals surface area (Å²) in [5.74, 6) is 0.484. The molecule has 0 aliphatic heterocycles. The summed E-state index contributed by atoms with van der Waals surface area (Å²) in [6.07, 6.45) is 0. The Labute approximate surface area is 64.4 Å². The molecule has 0 unspecified atom stereocenters. The lowest BCUT2D eigenvalue weighted by molar-refractivity contribution is 0.0542. The topological polar surface area (TPSA) is 33.4 Å². The lowest BCUT2D eigenvalue weighted by Gasteiger charge is -2.12. The standard InChI is InChI=1S/C7H9ClO2/c1-7(2,9)5-3-4-6(8)10-5/h3-4,9H,1-2H3. The van der Waals surface area contributed by atoms with Crippen LogP contribution in [0.2, 0.25) is 5.22 Å². The smallest absolute Gasteiger partial charge is 0.193 e. The molecule has 0 aliphatic rings. The summed E-state index contributed by atoms with van der Waals surface area (Å²) in [6, 6.07) is 3.26. The van der Waals surface area contributed by atoms with Gasteiger partial charge in [0, 0.05) is 0 Å². The van der Waals surface area contributed by atoms with Crippen molar-refractivity contribution in [2.45, 2.75) is 19.4 Å². The molecule has 1 N–H and O–H groups in total. The third-order valence-electron chi connectivity index (χ3n) is 1.18. The maximum absolute atomic E-state index is 9.35. The minimum absolute atomic E-state index is 0.303. The van der Waals surface area contributed by atoms with Crippen molar-refractivity contribution < 1.29 is 9.52 Å². The Morgan fingerprint density at radius 2 is 2.10 bits per heavy atom. The van der Waals surface area contributed by atoms with E-state index in [2.05, 4.69) is 0 Å². The predicted molar refractivity (Wildman–Crippen MR) is 39.0 cm³/mol. The van der Waals surface area contributed by atoms with Crippen molar-refractivity contribution in [3.63, 3.8) is 0 Å². The van der Waals surface area contributed by atoms with Gasteiger partial charge >= 0.3 is 0 Å². The molecule has 1 rings (SSSR count). The molecular weight excluding hydrogens is 152 g/mol. The predicted octanol–water partition coefficient (Wildman–Crippen LogP) is 2.16. The lowest BCUT2D eigenvalue weighted by Crippen LogP contribution is -2.13. The first kappa shape index (κ1) is 7.63. The largest absolute Gasteiger partial charge is 0.447 e. The Morgan fingerprint density at radius 1 is 1.50 bits per heavy atom. The van der Waals surface area contributed by atoms with E-state index in [1.807, 2.05) is 0 Å². The van der Waals surface area contributed by atoms with Crippen LogP contribution in [0.25, 0.3) is 0 Å². The van der Waals surface area contributed by atoms with Crippen LogP contribution in [0.15, 0.2) is 16.5 Å². The van der Waals surface area contributed by atoms with Crippen molar-refractivity contribution in [3.05, 3.63) is 23.1 Å². The highest BCUT2D eigenvalue weighted by molar-refractivity contribution is 6.28. The second kappa shape index (κ2) is 2.29. The van der Waals surface area contributed by atoms with Gasteiger partial charge in [-0.25, -0.2) is 0 Å². The molecule has 2 nitrogen and oxygen atoms in total. The van der Waals surface area contributed by atoms with Gasteiger partial charge in [-0.15, -0.1) is 0 Å². The fraction of sp³-hybridized carbons (Fsp3) is 0.429. The highest BCUT2D eigenvalue weighted by Crippen LogP contribution is 2.23. The van der Waals surface area contributed by atoms with Crippen LogP contribution < -0.4 is 0 Å². The van der Waals surface area contributed by atoms with E-state index in [4.69, 9.17) is 16.0 Å². The second-order valence-corrected chi connectivity index (χ2v) is 3.04. The molecule has 1 aromatic rings. The van der Waals surface area contributed by atoms with E-state index in [0.717, 1.165) is 0 Å². The molecule has 3 heteroatoms. The van der Waals surface area contributed by atoms with E-state index in [1.165, 1.54) is 0 Å². The average Bonchev–Trinajstić information content (AvgIpc) is 2.11. The summed E-state index contributed by atoms with van der Waals surface area (Å²) >= 11 is 5.49. The fourth-order valence-corrected chi connectivity index (χ4v) is 0.789. The number of furan rings is 1. The lowest BCUT2D eigenvalue weighted by atomic mass is 10.1. The molecule has 1 heterocycles. The maximum atomic E-state index is 9.35. The SMILES string of the molecule is CC(C)(O)c1ccc(Cl)o1. The van der Waals surface area contributed by atoms with Crippen molar-refractivity contribution in [3.8, 4) is 0 Å². The van der Waals surface area contributed by atoms with E-state index in [-0.39, 0.29) is 0 Å². The van der Waals surface area contributed by atoms with Crippen LogP contribution in [0, 0.1) is 0 Å². The third-order valence-corrected chi connectivity index (χ3v) is 1.38. The van der Waals surface area contributed by atoms with Crippen LogP contribution in [0.4, 0.5) is 0 Å². The molecule has 0 spiro atoms. The minimum Gasteiger partial charge on any atom is -0.447 e. The monoisotopic (exact) mass is 160 g/mol. The van der Waals surface area contributed by atoms with Gasteiger partial charge in [0.2, 0.25) is 0 Å². The molecule has 10 heavy (non-hydrogen) atoms. The average molecular weight is 161 g/mol. The Balaban J connectivity index is 2.96. The summed E-state index contributed by atoms with van der Waals surface area (Å²) in [7, 11) is 0. The molecule has 0 aromatic carbocycles. The molecule has 0 aliphatic carbocycles. The Hall–Kier alpha value is -0.470. The normalized spacial score (nSPS) is 12.0. The van der Waals surface area contributed by atoms with Gasteiger partial charge in [0.15, 0.2) is 5.22 Å². The third kappa shape index (κ3) is 1.52. The second-order valence-electron chi connectivity index (χ2n) is 2.66. The fourth-order valence-electron chi connectivity index (χ4n) is 0.643. The van der Waals surface area contributed by atoms with E-state index >= 15 is 0 Å². The first-order chi connectivity index (χ1) is 4.50. The van der Waals surface area contributed by atoms with Gasteiger partial charge in [-0.2, -0.15) is 0 Å². The number of aliphatic hydroxyl groups is 1. The Morgan fingerprint density at radius 3 is 2.30 bits per heavy atom. The summed E-state index contributed by atoms with van der Waals surface area (Å²) in [5.41, 5.74) is -0.937. The van der Waals surface area contributed by atoms with E-state index in [1.54, 1.807) is 26.0 Å². The van der Waals surface area contributed by atoms with Crippen molar-refractivity contribution in [1.82, 2.24) is 0 Å². The summed E-state index contributed by atoms with van der Waals surface area (Å²) < 4.78 is 4.96. The quantitative estimate of drug-likeness (QED) is 0.683. The van der Waals surface area contributed by atoms with Crippen LogP contribution in [0.3, 0.4) is 0 Å². The van der Waals surface area contributed by atoms with Gasteiger partial charge in [0.25, 0.3) is 0 Å². The van der Waals surface area contributed by atoms with Crippen LogP contribution in [-0.2, 0) is 5.60 Å². The van der Waals surface area contributed by atoms with Crippen LogP contribution in [-0.4, -0.2) is 5.11 Å². The number of hydrogen-bond acceptors (Lipinski definition) is 2. The number of rotatable bonds is 1. The van der Waals surface area contributed by atoms with Crippen molar-refractivity contribution >= 4 is 11.6 Å². The Bertz CT molecular complexity index is 222. The number of halogens is 1. The molecule has 0 atom stereocenters. The molecule has 0 saturated heterocycles. The van der Waals surface area contributed by atoms with Crippen molar-refractivity contribution in [2.75, 3.05) is 0 Å². The van der Waals surface area contributed by atoms with E-state index in [0.29, 0.717) is 11.0 Å². The highest BCUT2D eigenvalue weighted by atomic mass is 35.5. The van der Waals surface area contributed by atoms with Crippen LogP contribution in [0.1, 0.15) is 19.6 Å². The van der Waals surface area contributed by atoms with Gasteiger partial charge in [-0.05, 0) is 37.6 Å². The van der Waals surface area contributed by atoms with Crippen LogP contribution in [0.5, 0.6) is 0 Å². The zero-order valence-corrected chi connectivity index (χ0v) is 6.64. The van der Waals surface area contributed by atoms with Crippen molar-refractivity contribution in [2.24, 2.45) is 0 Å². The van der Waals surface area contributed by atoms with Gasteiger partial charge < -0.3 is 9.52 Å². The summed E-state index contributed by atoms with van der Waals surface area (Å²) in [6.45, 7) is 3.28. The van der Waals surface area contributed by atoms with Crippen LogP contribution >= 0.6 is 11.6 Å². The zero-order chi connectivity index (χ0) is 7.78. The maximum Gasteiger partial charge on any atom is 0.193 e. The number of hydrogen-bond donors (Lipinski definition) is 1. The summed E-state index contributed by atoms with van der Waals surface area (Å²) in [4.78, 5) is 0. The van der Waals surface area contributed by atoms with Crippen molar-refractivity contribution in [1.29, 1.82) is 0 Å². The summed E-state index contributed by atoms with van der Waals surface area (Å²) in [5, 5.41) is 9.65. The Kier molecular flexibility index (Phi) is 1.75. The van der Waals surface area contributed by atoms with E-state index < -0.39 is 5.60 Å². The first-order valence-corrected chi connectivity index (χ1v) is 3.36. The molecule has 1 aromatic heterocycles. The van der Waals surface area contributed by atoms with Gasteiger partial charge in [-0.1, -0.05) is 0 Å². The van der Waals surface area contributed by atoms with Gasteiger partial charge in [-0.3, -0.25) is 0 Å². The molecular formula is C7H9ClO2. The molecule has 0 radical (unpaired) electrons. The molecule has 0 amide bonds. The van der Waals surface area contributed by atoms with Gasteiger partial charge in [0.05, 0.1) is 0 Å². The highest BCUT2D eigenvalue weighted by Gasteiger charge is 2.19. The van der Waals surface area contributed by atoms with E-state index in [9.17, 15) is 5.11 Å². The zero-order valence-electron chi connectivity index (χ0n) is 5.89. The minimum atomic E-state index is -0.937. The molecule has 0 bridgehead atoms. The first-order valence-electron chi connectivity index (χ1n) is 2.98. The molecule has 0 fully saturated rings. The molecule has 56 valence electrons.